The van der Waals surface area contributed by atoms with Crippen molar-refractivity contribution in [2.24, 2.45) is 27.6 Å². The van der Waals surface area contributed by atoms with Crippen molar-refractivity contribution >= 4 is 12.2 Å². The molecule has 4 aliphatic rings. The lowest BCUT2D eigenvalue weighted by atomic mass is 9.95. The molecule has 4 unspecified atom stereocenters. The van der Waals surface area contributed by atoms with Crippen LogP contribution in [0.5, 0.6) is 0 Å². The average Bonchev–Trinajstić information content (AvgIpc) is 2.97. The van der Waals surface area contributed by atoms with Crippen LogP contribution in [0.25, 0.3) is 0 Å². The first kappa shape index (κ1) is 11.9. The summed E-state index contributed by atoms with van der Waals surface area (Å²) in [6, 6.07) is 0.961. The third-order valence-electron chi connectivity index (χ3n) is 5.21. The van der Waals surface area contributed by atoms with E-state index in [-0.39, 0.29) is 6.17 Å². The summed E-state index contributed by atoms with van der Waals surface area (Å²) in [5.74, 6) is 2.68. The van der Waals surface area contributed by atoms with Crippen LogP contribution < -0.4 is 11.1 Å². The van der Waals surface area contributed by atoms with Crippen molar-refractivity contribution < 1.29 is 0 Å². The Morgan fingerprint density at radius 1 is 1.26 bits per heavy atom. The van der Waals surface area contributed by atoms with E-state index in [2.05, 4.69) is 15.2 Å². The van der Waals surface area contributed by atoms with Crippen LogP contribution >= 0.6 is 0 Å². The van der Waals surface area contributed by atoms with Crippen molar-refractivity contribution in [3.05, 3.63) is 0 Å². The second-order valence-corrected chi connectivity index (χ2v) is 6.62. The molecule has 104 valence electrons. The quantitative estimate of drug-likeness (QED) is 0.763. The predicted molar refractivity (Wildman–Crippen MR) is 76.3 cm³/mol. The summed E-state index contributed by atoms with van der Waals surface area (Å²) in [5.41, 5.74) is 5.84. The van der Waals surface area contributed by atoms with Crippen LogP contribution in [0, 0.1) is 11.8 Å². The number of guanidine groups is 1. The number of hydrogen-bond donors (Lipinski definition) is 2. The molecule has 4 rings (SSSR count). The van der Waals surface area contributed by atoms with Crippen LogP contribution in [0.15, 0.2) is 9.98 Å². The number of fused-ring (bicyclic) bond motifs is 2. The Morgan fingerprint density at radius 3 is 2.84 bits per heavy atom. The van der Waals surface area contributed by atoms with Crippen molar-refractivity contribution in [1.29, 1.82) is 0 Å². The van der Waals surface area contributed by atoms with Gasteiger partial charge in [-0.25, -0.2) is 9.98 Å². The third kappa shape index (κ3) is 2.19. The first-order valence-electron chi connectivity index (χ1n) is 7.64. The van der Waals surface area contributed by atoms with Crippen LogP contribution in [-0.2, 0) is 0 Å². The fourth-order valence-corrected chi connectivity index (χ4v) is 4.15. The lowest BCUT2D eigenvalue weighted by Gasteiger charge is -2.41. The van der Waals surface area contributed by atoms with Gasteiger partial charge in [0.2, 0.25) is 5.96 Å². The summed E-state index contributed by atoms with van der Waals surface area (Å²) in [6.07, 6.45) is 8.76. The van der Waals surface area contributed by atoms with Gasteiger partial charge in [-0.1, -0.05) is 6.42 Å². The molecule has 0 radical (unpaired) electrons. The highest BCUT2D eigenvalue weighted by Gasteiger charge is 2.40. The van der Waals surface area contributed by atoms with Gasteiger partial charge in [-0.2, -0.15) is 0 Å². The van der Waals surface area contributed by atoms with Crippen LogP contribution in [0.2, 0.25) is 0 Å². The molecule has 5 heteroatoms. The summed E-state index contributed by atoms with van der Waals surface area (Å²) in [5, 5.41) is 3.59. The second-order valence-electron chi connectivity index (χ2n) is 6.62. The minimum atomic E-state index is 0.262. The molecule has 0 aromatic carbocycles. The van der Waals surface area contributed by atoms with Crippen molar-refractivity contribution in [2.75, 3.05) is 13.1 Å². The maximum atomic E-state index is 5.84. The maximum Gasteiger partial charge on any atom is 0.219 e. The molecular formula is C14H23N5. The molecule has 2 bridgehead atoms. The zero-order valence-corrected chi connectivity index (χ0v) is 11.3. The topological polar surface area (TPSA) is 66.0 Å². The van der Waals surface area contributed by atoms with Crippen molar-refractivity contribution in [3.63, 3.8) is 0 Å². The summed E-state index contributed by atoms with van der Waals surface area (Å²) < 4.78 is 0. The number of aliphatic imine (C=N–C) groups is 2. The average molecular weight is 261 g/mol. The summed E-state index contributed by atoms with van der Waals surface area (Å²) in [6.45, 7) is 1.95. The Kier molecular flexibility index (Phi) is 2.84. The minimum absolute atomic E-state index is 0.262. The van der Waals surface area contributed by atoms with Crippen LogP contribution in [0.3, 0.4) is 0 Å². The number of nitrogens with zero attached hydrogens (tertiary/aromatic N) is 3. The zero-order chi connectivity index (χ0) is 12.8. The zero-order valence-electron chi connectivity index (χ0n) is 11.3. The third-order valence-corrected chi connectivity index (χ3v) is 5.21. The smallest absolute Gasteiger partial charge is 0.219 e. The highest BCUT2D eigenvalue weighted by atomic mass is 15.3. The maximum absolute atomic E-state index is 5.84. The second kappa shape index (κ2) is 4.56. The van der Waals surface area contributed by atoms with Crippen LogP contribution in [0.1, 0.15) is 32.1 Å². The van der Waals surface area contributed by atoms with Crippen LogP contribution in [0.4, 0.5) is 0 Å². The van der Waals surface area contributed by atoms with E-state index in [0.29, 0.717) is 12.1 Å². The van der Waals surface area contributed by atoms with E-state index in [1.807, 2.05) is 6.21 Å². The van der Waals surface area contributed by atoms with Gasteiger partial charge in [-0.05, 0) is 31.1 Å². The summed E-state index contributed by atoms with van der Waals surface area (Å²) >= 11 is 0. The summed E-state index contributed by atoms with van der Waals surface area (Å²) in [7, 11) is 0. The monoisotopic (exact) mass is 261 g/mol. The van der Waals surface area contributed by atoms with E-state index in [0.717, 1.165) is 37.3 Å². The Bertz CT molecular complexity index is 412. The SMILES string of the molecule is NC1CN(C2CC=NC(NC3CC4CCC3C4)=N2)C1. The molecular weight excluding hydrogens is 238 g/mol. The van der Waals surface area contributed by atoms with Crippen LogP contribution in [-0.4, -0.2) is 48.4 Å². The van der Waals surface area contributed by atoms with E-state index in [1.54, 1.807) is 0 Å². The molecule has 5 nitrogen and oxygen atoms in total. The Morgan fingerprint density at radius 2 is 2.16 bits per heavy atom. The summed E-state index contributed by atoms with van der Waals surface area (Å²) in [4.78, 5) is 11.6. The van der Waals surface area contributed by atoms with Crippen molar-refractivity contribution in [2.45, 2.75) is 50.4 Å². The van der Waals surface area contributed by atoms with E-state index in [4.69, 9.17) is 10.7 Å². The highest BCUT2D eigenvalue weighted by Crippen LogP contribution is 2.44. The number of nitrogens with one attached hydrogen (secondary N) is 1. The predicted octanol–water partition coefficient (Wildman–Crippen LogP) is 0.564. The van der Waals surface area contributed by atoms with E-state index >= 15 is 0 Å². The van der Waals surface area contributed by atoms with E-state index in [1.165, 1.54) is 25.7 Å². The van der Waals surface area contributed by atoms with Gasteiger partial charge in [0, 0.05) is 37.8 Å². The molecule has 2 saturated carbocycles. The molecule has 1 saturated heterocycles. The Labute approximate surface area is 114 Å². The minimum Gasteiger partial charge on any atom is -0.351 e. The normalized spacial score (nSPS) is 42.3. The standard InChI is InChI=1S/C14H23N5/c15-11-7-19(8-11)13-3-4-16-14(18-13)17-12-6-9-1-2-10(12)5-9/h4,9-13H,1-3,5-8,15H2,(H,17,18). The van der Waals surface area contributed by atoms with Crippen molar-refractivity contribution in [3.8, 4) is 0 Å². The van der Waals surface area contributed by atoms with Gasteiger partial charge < -0.3 is 11.1 Å². The molecule has 4 atom stereocenters. The Hall–Kier alpha value is -0.940. The lowest BCUT2D eigenvalue weighted by Crippen LogP contribution is -2.59. The van der Waals surface area contributed by atoms with Gasteiger partial charge in [0.15, 0.2) is 0 Å². The van der Waals surface area contributed by atoms with Gasteiger partial charge in [0.05, 0.1) is 0 Å². The molecule has 3 fully saturated rings. The molecule has 0 amide bonds. The fourth-order valence-electron chi connectivity index (χ4n) is 4.15. The number of likely N-dealkylation sites (tertiary alicyclic amines) is 1. The number of nitrogens with two attached hydrogens (primary N) is 1. The lowest BCUT2D eigenvalue weighted by molar-refractivity contribution is 0.101. The fraction of sp³-hybridized carbons (Fsp3) is 0.857. The van der Waals surface area contributed by atoms with E-state index in [9.17, 15) is 0 Å². The van der Waals surface area contributed by atoms with Gasteiger partial charge in [-0.15, -0.1) is 0 Å². The van der Waals surface area contributed by atoms with Crippen molar-refractivity contribution in [1.82, 2.24) is 10.2 Å². The largest absolute Gasteiger partial charge is 0.351 e. The molecule has 2 heterocycles. The first-order valence-corrected chi connectivity index (χ1v) is 7.64. The molecule has 0 spiro atoms. The molecule has 2 aliphatic carbocycles. The molecule has 0 aromatic heterocycles. The molecule has 3 N–H and O–H groups in total. The van der Waals surface area contributed by atoms with Gasteiger partial charge in [0.1, 0.15) is 6.17 Å². The highest BCUT2D eigenvalue weighted by molar-refractivity contribution is 5.90. The number of hydrogen-bond acceptors (Lipinski definition) is 5. The first-order chi connectivity index (χ1) is 9.28. The van der Waals surface area contributed by atoms with Gasteiger partial charge >= 0.3 is 0 Å². The van der Waals surface area contributed by atoms with E-state index < -0.39 is 0 Å². The number of rotatable bonds is 2. The van der Waals surface area contributed by atoms with Gasteiger partial charge in [0.25, 0.3) is 0 Å². The molecule has 19 heavy (non-hydrogen) atoms. The molecule has 0 aromatic rings. The van der Waals surface area contributed by atoms with Gasteiger partial charge in [-0.3, -0.25) is 4.90 Å². The Balaban J connectivity index is 1.38. The molecule has 2 aliphatic heterocycles.